The first-order chi connectivity index (χ1) is 16.5. The summed E-state index contributed by atoms with van der Waals surface area (Å²) in [6.45, 7) is 1.38. The summed E-state index contributed by atoms with van der Waals surface area (Å²) in [5, 5.41) is 2.94. The van der Waals surface area contributed by atoms with Gasteiger partial charge in [-0.2, -0.15) is 0 Å². The van der Waals surface area contributed by atoms with Crippen molar-refractivity contribution >= 4 is 23.4 Å². The molecule has 7 nitrogen and oxygen atoms in total. The quantitative estimate of drug-likeness (QED) is 0.391. The molecule has 3 aromatic rings. The zero-order chi connectivity index (χ0) is 24.1. The second-order valence-corrected chi connectivity index (χ2v) is 8.14. The third kappa shape index (κ3) is 4.78. The molecule has 0 saturated heterocycles. The third-order valence-corrected chi connectivity index (χ3v) is 5.88. The highest BCUT2D eigenvalue weighted by Gasteiger charge is 2.35. The van der Waals surface area contributed by atoms with Crippen molar-refractivity contribution in [3.63, 3.8) is 0 Å². The van der Waals surface area contributed by atoms with Gasteiger partial charge in [-0.25, -0.2) is 0 Å². The number of imide groups is 1. The molecule has 0 saturated carbocycles. The average Bonchev–Trinajstić information content (AvgIpc) is 3.11. The Kier molecular flexibility index (Phi) is 6.92. The number of methoxy groups -OCH3 is 1. The first-order valence-corrected chi connectivity index (χ1v) is 11.2. The van der Waals surface area contributed by atoms with Crippen LogP contribution in [0.3, 0.4) is 0 Å². The van der Waals surface area contributed by atoms with Crippen molar-refractivity contribution in [2.24, 2.45) is 0 Å². The van der Waals surface area contributed by atoms with Crippen LogP contribution in [-0.4, -0.2) is 49.9 Å². The predicted molar refractivity (Wildman–Crippen MR) is 130 cm³/mol. The molecule has 3 aromatic carbocycles. The van der Waals surface area contributed by atoms with Gasteiger partial charge in [0.05, 0.1) is 30.3 Å². The summed E-state index contributed by atoms with van der Waals surface area (Å²) in [5.74, 6) is -0.483. The highest BCUT2D eigenvalue weighted by Crippen LogP contribution is 2.26. The van der Waals surface area contributed by atoms with Crippen LogP contribution in [0.1, 0.15) is 43.1 Å². The van der Waals surface area contributed by atoms with Crippen LogP contribution >= 0.6 is 0 Å². The van der Waals surface area contributed by atoms with Crippen LogP contribution < -0.4 is 15.0 Å². The van der Waals surface area contributed by atoms with Crippen LogP contribution in [-0.2, 0) is 6.54 Å². The van der Waals surface area contributed by atoms with E-state index in [4.69, 9.17) is 4.74 Å². The van der Waals surface area contributed by atoms with E-state index >= 15 is 0 Å². The Balaban J connectivity index is 1.39. The van der Waals surface area contributed by atoms with Gasteiger partial charge in [-0.15, -0.1) is 0 Å². The van der Waals surface area contributed by atoms with Gasteiger partial charge in [-0.1, -0.05) is 36.4 Å². The second kappa shape index (κ2) is 10.2. The molecule has 1 N–H and O–H groups in total. The number of para-hydroxylation sites is 1. The fourth-order valence-corrected chi connectivity index (χ4v) is 4.02. The summed E-state index contributed by atoms with van der Waals surface area (Å²) < 4.78 is 5.37. The van der Waals surface area contributed by atoms with Crippen LogP contribution in [0.15, 0.2) is 72.8 Å². The number of amides is 3. The Morgan fingerprint density at radius 1 is 0.941 bits per heavy atom. The first kappa shape index (κ1) is 23.0. The predicted octanol–water partition coefficient (Wildman–Crippen LogP) is 3.75. The van der Waals surface area contributed by atoms with Crippen LogP contribution in [0, 0.1) is 0 Å². The molecule has 1 aliphatic heterocycles. The van der Waals surface area contributed by atoms with Crippen molar-refractivity contribution in [1.82, 2.24) is 10.2 Å². The summed E-state index contributed by atoms with van der Waals surface area (Å²) in [5.41, 5.74) is 2.97. The molecule has 0 bridgehead atoms. The van der Waals surface area contributed by atoms with Crippen LogP contribution in [0.5, 0.6) is 5.75 Å². The Morgan fingerprint density at radius 2 is 1.59 bits per heavy atom. The molecular weight excluding hydrogens is 430 g/mol. The molecule has 0 aromatic heterocycles. The van der Waals surface area contributed by atoms with E-state index in [1.54, 1.807) is 42.5 Å². The van der Waals surface area contributed by atoms with E-state index in [1.807, 2.05) is 37.4 Å². The number of benzene rings is 3. The van der Waals surface area contributed by atoms with Crippen molar-refractivity contribution in [3.8, 4) is 5.75 Å². The number of rotatable bonds is 9. The molecule has 1 heterocycles. The van der Waals surface area contributed by atoms with Gasteiger partial charge in [-0.3, -0.25) is 19.3 Å². The molecule has 7 heteroatoms. The summed E-state index contributed by atoms with van der Waals surface area (Å²) in [7, 11) is 3.52. The molecule has 0 unspecified atom stereocenters. The Bertz CT molecular complexity index is 1170. The van der Waals surface area contributed by atoms with Gasteiger partial charge in [0.1, 0.15) is 5.75 Å². The van der Waals surface area contributed by atoms with E-state index in [9.17, 15) is 14.4 Å². The molecule has 0 atom stereocenters. The maximum atomic E-state index is 12.9. The van der Waals surface area contributed by atoms with Crippen molar-refractivity contribution in [2.75, 3.05) is 32.1 Å². The van der Waals surface area contributed by atoms with Gasteiger partial charge in [0.25, 0.3) is 17.7 Å². The standard InChI is InChI=1S/C27H27N3O4/c1-29(20-9-4-3-5-10-20)16-8-15-28-25(31)23-17-19(13-14-24(23)34-2)18-30-26(32)21-11-6-7-12-22(21)27(30)33/h3-7,9-14,17H,8,15-16,18H2,1-2H3,(H,28,31). The molecule has 0 aliphatic carbocycles. The smallest absolute Gasteiger partial charge is 0.261 e. The number of carbonyl (C=O) groups is 3. The van der Waals surface area contributed by atoms with Crippen LogP contribution in [0.2, 0.25) is 0 Å². The van der Waals surface area contributed by atoms with Gasteiger partial charge in [0, 0.05) is 25.8 Å². The SMILES string of the molecule is COc1ccc(CN2C(=O)c3ccccc3C2=O)cc1C(=O)NCCCN(C)c1ccccc1. The molecule has 1 aliphatic rings. The average molecular weight is 458 g/mol. The van der Waals surface area contributed by atoms with Crippen LogP contribution in [0.25, 0.3) is 0 Å². The van der Waals surface area contributed by atoms with E-state index in [2.05, 4.69) is 10.2 Å². The van der Waals surface area contributed by atoms with Crippen LogP contribution in [0.4, 0.5) is 5.69 Å². The molecular formula is C27H27N3O4. The number of fused-ring (bicyclic) bond motifs is 1. The zero-order valence-electron chi connectivity index (χ0n) is 19.3. The summed E-state index contributed by atoms with van der Waals surface area (Å²) in [4.78, 5) is 41.6. The lowest BCUT2D eigenvalue weighted by molar-refractivity contribution is 0.0642. The summed E-state index contributed by atoms with van der Waals surface area (Å²) in [6.07, 6.45) is 0.772. The summed E-state index contributed by atoms with van der Waals surface area (Å²) >= 11 is 0. The molecule has 4 rings (SSSR count). The van der Waals surface area contributed by atoms with E-state index in [0.717, 1.165) is 18.7 Å². The lowest BCUT2D eigenvalue weighted by atomic mass is 10.1. The maximum absolute atomic E-state index is 12.9. The number of hydrogen-bond donors (Lipinski definition) is 1. The lowest BCUT2D eigenvalue weighted by Gasteiger charge is -2.19. The fourth-order valence-electron chi connectivity index (χ4n) is 4.02. The first-order valence-electron chi connectivity index (χ1n) is 11.2. The van der Waals surface area contributed by atoms with Gasteiger partial charge in [-0.05, 0) is 48.4 Å². The monoisotopic (exact) mass is 457 g/mol. The second-order valence-electron chi connectivity index (χ2n) is 8.14. The number of anilines is 1. The van der Waals surface area contributed by atoms with Gasteiger partial charge >= 0.3 is 0 Å². The molecule has 3 amide bonds. The zero-order valence-corrected chi connectivity index (χ0v) is 19.3. The number of hydrogen-bond acceptors (Lipinski definition) is 5. The highest BCUT2D eigenvalue weighted by atomic mass is 16.5. The molecule has 34 heavy (non-hydrogen) atoms. The van der Waals surface area contributed by atoms with Crippen molar-refractivity contribution < 1.29 is 19.1 Å². The fraction of sp³-hybridized carbons (Fsp3) is 0.222. The maximum Gasteiger partial charge on any atom is 0.261 e. The molecule has 0 spiro atoms. The number of carbonyl (C=O) groups excluding carboxylic acids is 3. The minimum atomic E-state index is -0.329. The van der Waals surface area contributed by atoms with Gasteiger partial charge in [0.2, 0.25) is 0 Å². The van der Waals surface area contributed by atoms with E-state index < -0.39 is 0 Å². The van der Waals surface area contributed by atoms with Crippen molar-refractivity contribution in [1.29, 1.82) is 0 Å². The number of nitrogens with one attached hydrogen (secondary N) is 1. The van der Waals surface area contributed by atoms with Gasteiger partial charge < -0.3 is 15.0 Å². The van der Waals surface area contributed by atoms with Crippen molar-refractivity contribution in [3.05, 3.63) is 95.1 Å². The summed E-state index contributed by atoms with van der Waals surface area (Å²) in [6, 6.07) is 22.0. The van der Waals surface area contributed by atoms with Gasteiger partial charge in [0.15, 0.2) is 0 Å². The Morgan fingerprint density at radius 3 is 2.24 bits per heavy atom. The highest BCUT2D eigenvalue weighted by molar-refractivity contribution is 6.21. The third-order valence-electron chi connectivity index (χ3n) is 5.88. The van der Waals surface area contributed by atoms with E-state index in [0.29, 0.717) is 34.5 Å². The van der Waals surface area contributed by atoms with E-state index in [-0.39, 0.29) is 24.3 Å². The Hall–Kier alpha value is -4.13. The number of nitrogens with zero attached hydrogens (tertiary/aromatic N) is 2. The molecule has 0 radical (unpaired) electrons. The minimum absolute atomic E-state index is 0.0818. The van der Waals surface area contributed by atoms with Crippen molar-refractivity contribution in [2.45, 2.75) is 13.0 Å². The molecule has 0 fully saturated rings. The lowest BCUT2D eigenvalue weighted by Crippen LogP contribution is -2.30. The Labute approximate surface area is 198 Å². The normalized spacial score (nSPS) is 12.5. The minimum Gasteiger partial charge on any atom is -0.496 e. The largest absolute Gasteiger partial charge is 0.496 e. The number of ether oxygens (including phenoxy) is 1. The topological polar surface area (TPSA) is 78.9 Å². The van der Waals surface area contributed by atoms with E-state index in [1.165, 1.54) is 12.0 Å². The molecule has 174 valence electrons.